The SMILES string of the molecule is C=C=C(C(=O)O)C1CCCCC1=O. The summed E-state index contributed by atoms with van der Waals surface area (Å²) in [6, 6.07) is 0. The van der Waals surface area contributed by atoms with Crippen molar-refractivity contribution in [3.05, 3.63) is 17.9 Å². The molecule has 1 aliphatic carbocycles. The number of carboxylic acids is 1. The van der Waals surface area contributed by atoms with E-state index in [-0.39, 0.29) is 11.4 Å². The van der Waals surface area contributed by atoms with Crippen LogP contribution in [0.1, 0.15) is 25.7 Å². The van der Waals surface area contributed by atoms with Crippen LogP contribution in [0, 0.1) is 5.92 Å². The molecule has 1 unspecified atom stereocenters. The van der Waals surface area contributed by atoms with Crippen molar-refractivity contribution in [1.29, 1.82) is 0 Å². The predicted octanol–water partition coefficient (Wildman–Crippen LogP) is 1.54. The summed E-state index contributed by atoms with van der Waals surface area (Å²) < 4.78 is 0. The zero-order valence-electron chi connectivity index (χ0n) is 7.38. The number of aliphatic carboxylic acids is 1. The van der Waals surface area contributed by atoms with Crippen molar-refractivity contribution in [2.75, 3.05) is 0 Å². The maximum absolute atomic E-state index is 11.3. The van der Waals surface area contributed by atoms with E-state index >= 15 is 0 Å². The lowest BCUT2D eigenvalue weighted by Crippen LogP contribution is -2.24. The molecule has 0 radical (unpaired) electrons. The van der Waals surface area contributed by atoms with Gasteiger partial charge in [0.25, 0.3) is 0 Å². The fourth-order valence-electron chi connectivity index (χ4n) is 1.64. The van der Waals surface area contributed by atoms with Crippen LogP contribution in [-0.2, 0) is 9.59 Å². The average Bonchev–Trinajstić information content (AvgIpc) is 2.09. The Bertz CT molecular complexity index is 285. The molecule has 70 valence electrons. The summed E-state index contributed by atoms with van der Waals surface area (Å²) in [6.45, 7) is 3.30. The van der Waals surface area contributed by atoms with Gasteiger partial charge >= 0.3 is 5.97 Å². The molecule has 0 aliphatic heterocycles. The molecule has 0 amide bonds. The van der Waals surface area contributed by atoms with E-state index in [4.69, 9.17) is 5.11 Å². The van der Waals surface area contributed by atoms with Gasteiger partial charge < -0.3 is 5.11 Å². The van der Waals surface area contributed by atoms with E-state index in [0.29, 0.717) is 12.8 Å². The first-order chi connectivity index (χ1) is 6.16. The van der Waals surface area contributed by atoms with Crippen LogP contribution in [0.15, 0.2) is 17.9 Å². The molecule has 1 saturated carbocycles. The van der Waals surface area contributed by atoms with Gasteiger partial charge in [0.15, 0.2) is 0 Å². The molecule has 13 heavy (non-hydrogen) atoms. The average molecular weight is 180 g/mol. The highest BCUT2D eigenvalue weighted by atomic mass is 16.4. The Morgan fingerprint density at radius 1 is 1.54 bits per heavy atom. The van der Waals surface area contributed by atoms with Crippen LogP contribution in [0.25, 0.3) is 0 Å². The Balaban J connectivity index is 2.85. The van der Waals surface area contributed by atoms with Gasteiger partial charge in [0.05, 0.1) is 11.5 Å². The molecule has 0 aromatic heterocycles. The quantitative estimate of drug-likeness (QED) is 0.518. The lowest BCUT2D eigenvalue weighted by molar-refractivity contribution is -0.135. The van der Waals surface area contributed by atoms with Gasteiger partial charge in [-0.25, -0.2) is 4.79 Å². The molecule has 1 rings (SSSR count). The first kappa shape index (κ1) is 9.75. The Labute approximate surface area is 76.8 Å². The Hall–Kier alpha value is -1.34. The minimum absolute atomic E-state index is 0.0137. The molecule has 0 saturated heterocycles. The Morgan fingerprint density at radius 2 is 2.23 bits per heavy atom. The number of hydrogen-bond donors (Lipinski definition) is 1. The van der Waals surface area contributed by atoms with Crippen LogP contribution in [-0.4, -0.2) is 16.9 Å². The minimum Gasteiger partial charge on any atom is -0.477 e. The van der Waals surface area contributed by atoms with Crippen molar-refractivity contribution in [1.82, 2.24) is 0 Å². The molecule has 1 N–H and O–H groups in total. The molecule has 0 aromatic rings. The van der Waals surface area contributed by atoms with Crippen LogP contribution in [0.2, 0.25) is 0 Å². The van der Waals surface area contributed by atoms with Crippen molar-refractivity contribution < 1.29 is 14.7 Å². The van der Waals surface area contributed by atoms with E-state index in [1.165, 1.54) is 0 Å². The van der Waals surface area contributed by atoms with Gasteiger partial charge in [-0.1, -0.05) is 13.0 Å². The normalized spacial score (nSPS) is 22.2. The fourth-order valence-corrected chi connectivity index (χ4v) is 1.64. The van der Waals surface area contributed by atoms with Gasteiger partial charge in [-0.15, -0.1) is 5.73 Å². The first-order valence-corrected chi connectivity index (χ1v) is 4.32. The summed E-state index contributed by atoms with van der Waals surface area (Å²) in [5.41, 5.74) is 2.38. The minimum atomic E-state index is -1.07. The molecule has 0 bridgehead atoms. The van der Waals surface area contributed by atoms with Crippen LogP contribution in [0.3, 0.4) is 0 Å². The molecule has 0 heterocycles. The monoisotopic (exact) mass is 180 g/mol. The van der Waals surface area contributed by atoms with Crippen molar-refractivity contribution >= 4 is 11.8 Å². The van der Waals surface area contributed by atoms with Gasteiger partial charge in [-0.2, -0.15) is 0 Å². The summed E-state index contributed by atoms with van der Waals surface area (Å²) in [5, 5.41) is 8.75. The number of ketones is 1. The number of carbonyl (C=O) groups is 2. The topological polar surface area (TPSA) is 54.4 Å². The second-order valence-electron chi connectivity index (χ2n) is 3.16. The van der Waals surface area contributed by atoms with Crippen LogP contribution in [0.4, 0.5) is 0 Å². The maximum atomic E-state index is 11.3. The Kier molecular flexibility index (Phi) is 3.04. The summed E-state index contributed by atoms with van der Waals surface area (Å²) in [5.74, 6) is -1.53. The Morgan fingerprint density at radius 3 is 2.69 bits per heavy atom. The van der Waals surface area contributed by atoms with Gasteiger partial charge in [0.1, 0.15) is 5.78 Å². The molecule has 0 spiro atoms. The van der Waals surface area contributed by atoms with E-state index < -0.39 is 11.9 Å². The lowest BCUT2D eigenvalue weighted by Gasteiger charge is -2.19. The maximum Gasteiger partial charge on any atom is 0.340 e. The highest BCUT2D eigenvalue weighted by Crippen LogP contribution is 2.26. The summed E-state index contributed by atoms with van der Waals surface area (Å²) >= 11 is 0. The highest BCUT2D eigenvalue weighted by molar-refractivity contribution is 5.96. The number of rotatable bonds is 2. The van der Waals surface area contributed by atoms with Crippen molar-refractivity contribution in [3.8, 4) is 0 Å². The third-order valence-corrected chi connectivity index (χ3v) is 2.32. The molecule has 0 aromatic carbocycles. The molecule has 1 fully saturated rings. The standard InChI is InChI=1S/C10H12O3/c1-2-7(10(12)13)8-5-3-4-6-9(8)11/h8H,1,3-6H2,(H,12,13). The van der Waals surface area contributed by atoms with Gasteiger partial charge in [-0.3, -0.25) is 4.79 Å². The van der Waals surface area contributed by atoms with E-state index in [1.54, 1.807) is 0 Å². The van der Waals surface area contributed by atoms with Crippen molar-refractivity contribution in [2.45, 2.75) is 25.7 Å². The molecule has 1 aliphatic rings. The van der Waals surface area contributed by atoms with Crippen molar-refractivity contribution in [3.63, 3.8) is 0 Å². The van der Waals surface area contributed by atoms with Crippen LogP contribution in [0.5, 0.6) is 0 Å². The lowest BCUT2D eigenvalue weighted by atomic mass is 9.83. The summed E-state index contributed by atoms with van der Waals surface area (Å²) in [7, 11) is 0. The molecular weight excluding hydrogens is 168 g/mol. The van der Waals surface area contributed by atoms with Gasteiger partial charge in [-0.05, 0) is 12.8 Å². The zero-order chi connectivity index (χ0) is 9.84. The fraction of sp³-hybridized carbons (Fsp3) is 0.500. The summed E-state index contributed by atoms with van der Waals surface area (Å²) in [6.07, 6.45) is 2.90. The third-order valence-electron chi connectivity index (χ3n) is 2.32. The van der Waals surface area contributed by atoms with Crippen LogP contribution < -0.4 is 0 Å². The second kappa shape index (κ2) is 4.06. The molecular formula is C10H12O3. The third kappa shape index (κ3) is 2.07. The summed E-state index contributed by atoms with van der Waals surface area (Å²) in [4.78, 5) is 22.0. The zero-order valence-corrected chi connectivity index (χ0v) is 7.38. The number of carboxylic acid groups (broad SMARTS) is 1. The smallest absolute Gasteiger partial charge is 0.340 e. The largest absolute Gasteiger partial charge is 0.477 e. The highest BCUT2D eigenvalue weighted by Gasteiger charge is 2.29. The number of hydrogen-bond acceptors (Lipinski definition) is 2. The van der Waals surface area contributed by atoms with E-state index in [0.717, 1.165) is 12.8 Å². The van der Waals surface area contributed by atoms with Gasteiger partial charge in [0, 0.05) is 6.42 Å². The van der Waals surface area contributed by atoms with Crippen molar-refractivity contribution in [2.24, 2.45) is 5.92 Å². The number of Topliss-reactive ketones (excluding diaryl/α,β-unsaturated/α-hetero) is 1. The van der Waals surface area contributed by atoms with E-state index in [1.807, 2.05) is 0 Å². The molecule has 3 heteroatoms. The van der Waals surface area contributed by atoms with E-state index in [2.05, 4.69) is 12.3 Å². The molecule has 3 nitrogen and oxygen atoms in total. The van der Waals surface area contributed by atoms with E-state index in [9.17, 15) is 9.59 Å². The molecule has 1 atom stereocenters. The van der Waals surface area contributed by atoms with Crippen LogP contribution >= 0.6 is 0 Å². The second-order valence-corrected chi connectivity index (χ2v) is 3.16. The predicted molar refractivity (Wildman–Crippen MR) is 47.3 cm³/mol. The first-order valence-electron chi connectivity index (χ1n) is 4.32. The number of carbonyl (C=O) groups excluding carboxylic acids is 1. The van der Waals surface area contributed by atoms with Gasteiger partial charge in [0.2, 0.25) is 0 Å².